The molecule has 0 saturated carbocycles. The van der Waals surface area contributed by atoms with Gasteiger partial charge in [0.15, 0.2) is 5.65 Å². The summed E-state index contributed by atoms with van der Waals surface area (Å²) in [6.45, 7) is 5.63. The molecule has 9 heteroatoms. The number of aromatic nitrogens is 5. The van der Waals surface area contributed by atoms with Crippen molar-refractivity contribution in [1.82, 2.24) is 24.6 Å². The second-order valence-electron chi connectivity index (χ2n) is 7.52. The number of hydrogen-bond acceptors (Lipinski definition) is 7. The maximum Gasteiger partial charge on any atom is 0.228 e. The van der Waals surface area contributed by atoms with Gasteiger partial charge in [-0.05, 0) is 37.7 Å². The lowest BCUT2D eigenvalue weighted by Crippen LogP contribution is -2.41. The summed E-state index contributed by atoms with van der Waals surface area (Å²) in [5.41, 5.74) is 1.97. The summed E-state index contributed by atoms with van der Waals surface area (Å²) in [6.07, 6.45) is 8.66. The van der Waals surface area contributed by atoms with Crippen molar-refractivity contribution in [3.8, 4) is 0 Å². The number of halogens is 1. The fraction of sp³-hybridized carbons (Fsp3) is 0.474. The third-order valence-corrected chi connectivity index (χ3v) is 7.45. The van der Waals surface area contributed by atoms with Crippen LogP contribution >= 0.6 is 23.4 Å². The average molecular weight is 417 g/mol. The van der Waals surface area contributed by atoms with Crippen molar-refractivity contribution in [1.29, 1.82) is 0 Å². The van der Waals surface area contributed by atoms with E-state index in [9.17, 15) is 0 Å². The molecule has 5 heterocycles. The van der Waals surface area contributed by atoms with Crippen molar-refractivity contribution < 1.29 is 4.74 Å². The number of fused-ring (bicyclic) bond motifs is 1. The van der Waals surface area contributed by atoms with Crippen LogP contribution in [0.3, 0.4) is 0 Å². The van der Waals surface area contributed by atoms with Crippen molar-refractivity contribution in [3.05, 3.63) is 35.5 Å². The highest BCUT2D eigenvalue weighted by Crippen LogP contribution is 2.40. The first-order valence-electron chi connectivity index (χ1n) is 9.46. The highest BCUT2D eigenvalue weighted by atomic mass is 35.5. The SMILES string of the molecule is Cc1nccc(Sc2cnc(N3CCC4(CCOC4)CC3)n3ncnc23)c1Cl. The molecule has 7 nitrogen and oxygen atoms in total. The molecule has 146 valence electrons. The Labute approximate surface area is 172 Å². The van der Waals surface area contributed by atoms with E-state index in [0.29, 0.717) is 10.4 Å². The summed E-state index contributed by atoms with van der Waals surface area (Å²) in [6, 6.07) is 1.91. The molecule has 0 radical (unpaired) electrons. The Balaban J connectivity index is 1.43. The maximum absolute atomic E-state index is 6.42. The highest BCUT2D eigenvalue weighted by molar-refractivity contribution is 7.99. The molecule has 0 N–H and O–H groups in total. The van der Waals surface area contributed by atoms with Crippen LogP contribution in [0.2, 0.25) is 5.02 Å². The van der Waals surface area contributed by atoms with Gasteiger partial charge in [0.2, 0.25) is 5.95 Å². The Morgan fingerprint density at radius 3 is 2.79 bits per heavy atom. The second-order valence-corrected chi connectivity index (χ2v) is 8.98. The molecule has 2 aliphatic rings. The maximum atomic E-state index is 6.42. The topological polar surface area (TPSA) is 68.4 Å². The molecule has 5 rings (SSSR count). The number of nitrogens with zero attached hydrogens (tertiary/aromatic N) is 6. The molecule has 1 spiro atoms. The number of rotatable bonds is 3. The van der Waals surface area contributed by atoms with Gasteiger partial charge in [0.1, 0.15) is 6.33 Å². The lowest BCUT2D eigenvalue weighted by atomic mass is 9.78. The highest BCUT2D eigenvalue weighted by Gasteiger charge is 2.38. The van der Waals surface area contributed by atoms with Crippen LogP contribution in [0.4, 0.5) is 5.95 Å². The summed E-state index contributed by atoms with van der Waals surface area (Å²) in [5, 5.41) is 5.10. The van der Waals surface area contributed by atoms with E-state index in [0.717, 1.165) is 66.2 Å². The molecule has 0 unspecified atom stereocenters. The van der Waals surface area contributed by atoms with Gasteiger partial charge in [-0.3, -0.25) is 4.98 Å². The zero-order valence-electron chi connectivity index (χ0n) is 15.6. The number of piperidine rings is 1. The first kappa shape index (κ1) is 18.1. The largest absolute Gasteiger partial charge is 0.381 e. The van der Waals surface area contributed by atoms with E-state index in [4.69, 9.17) is 21.3 Å². The molecule has 0 bridgehead atoms. The molecule has 3 aromatic heterocycles. The van der Waals surface area contributed by atoms with Gasteiger partial charge in [0.05, 0.1) is 22.2 Å². The van der Waals surface area contributed by atoms with Crippen LogP contribution in [-0.2, 0) is 4.74 Å². The van der Waals surface area contributed by atoms with Crippen LogP contribution < -0.4 is 4.90 Å². The van der Waals surface area contributed by atoms with Crippen molar-refractivity contribution >= 4 is 35.0 Å². The summed E-state index contributed by atoms with van der Waals surface area (Å²) in [7, 11) is 0. The molecule has 0 aliphatic carbocycles. The van der Waals surface area contributed by atoms with Crippen molar-refractivity contribution in [2.75, 3.05) is 31.2 Å². The lowest BCUT2D eigenvalue weighted by molar-refractivity contribution is 0.133. The van der Waals surface area contributed by atoms with Gasteiger partial charge in [-0.15, -0.1) is 0 Å². The Morgan fingerprint density at radius 2 is 2.00 bits per heavy atom. The molecule has 3 aromatic rings. The Hall–Kier alpha value is -1.90. The number of anilines is 1. The lowest BCUT2D eigenvalue weighted by Gasteiger charge is -2.38. The Morgan fingerprint density at radius 1 is 1.14 bits per heavy atom. The van der Waals surface area contributed by atoms with E-state index in [1.807, 2.05) is 23.7 Å². The molecule has 0 aromatic carbocycles. The van der Waals surface area contributed by atoms with Gasteiger partial charge >= 0.3 is 0 Å². The zero-order chi connectivity index (χ0) is 19.1. The third kappa shape index (κ3) is 3.13. The molecule has 28 heavy (non-hydrogen) atoms. The summed E-state index contributed by atoms with van der Waals surface area (Å²) in [5.74, 6) is 0.850. The fourth-order valence-electron chi connectivity index (χ4n) is 4.02. The number of aryl methyl sites for hydroxylation is 1. The predicted octanol–water partition coefficient (Wildman–Crippen LogP) is 3.64. The van der Waals surface area contributed by atoms with E-state index in [1.165, 1.54) is 6.42 Å². The number of pyridine rings is 1. The molecule has 0 atom stereocenters. The molecular formula is C19H21ClN6OS. The Bertz CT molecular complexity index is 1010. The van der Waals surface area contributed by atoms with E-state index >= 15 is 0 Å². The standard InChI is InChI=1S/C19H21ClN6OS/c1-13-16(20)14(2-6-21-13)28-15-10-22-18(26-17(15)23-12-24-26)25-7-3-19(4-8-25)5-9-27-11-19/h2,6,10,12H,3-5,7-9,11H2,1H3. The van der Waals surface area contributed by atoms with E-state index < -0.39 is 0 Å². The summed E-state index contributed by atoms with van der Waals surface area (Å²) < 4.78 is 7.49. The van der Waals surface area contributed by atoms with Crippen molar-refractivity contribution in [3.63, 3.8) is 0 Å². The first-order chi connectivity index (χ1) is 13.7. The van der Waals surface area contributed by atoms with Gasteiger partial charge < -0.3 is 9.64 Å². The Kier molecular flexibility index (Phi) is 4.65. The quantitative estimate of drug-likeness (QED) is 0.645. The summed E-state index contributed by atoms with van der Waals surface area (Å²) >= 11 is 7.96. The predicted molar refractivity (Wildman–Crippen MR) is 108 cm³/mol. The van der Waals surface area contributed by atoms with E-state index in [1.54, 1.807) is 24.3 Å². The smallest absolute Gasteiger partial charge is 0.228 e. The summed E-state index contributed by atoms with van der Waals surface area (Å²) in [4.78, 5) is 17.6. The fourth-order valence-corrected chi connectivity index (χ4v) is 5.19. The van der Waals surface area contributed by atoms with Gasteiger partial charge in [-0.1, -0.05) is 23.4 Å². The van der Waals surface area contributed by atoms with E-state index in [-0.39, 0.29) is 0 Å². The zero-order valence-corrected chi connectivity index (χ0v) is 17.2. The normalized spacial score (nSPS) is 19.0. The molecule has 2 aliphatic heterocycles. The average Bonchev–Trinajstić information content (AvgIpc) is 3.37. The minimum absolute atomic E-state index is 0.365. The van der Waals surface area contributed by atoms with E-state index in [2.05, 4.69) is 20.0 Å². The van der Waals surface area contributed by atoms with Crippen molar-refractivity contribution in [2.45, 2.75) is 36.0 Å². The molecule has 2 saturated heterocycles. The van der Waals surface area contributed by atoms with Crippen LogP contribution in [0.5, 0.6) is 0 Å². The molecule has 0 amide bonds. The monoisotopic (exact) mass is 416 g/mol. The van der Waals surface area contributed by atoms with Gasteiger partial charge in [-0.2, -0.15) is 9.61 Å². The minimum Gasteiger partial charge on any atom is -0.381 e. The molecular weight excluding hydrogens is 396 g/mol. The van der Waals surface area contributed by atoms with Crippen LogP contribution in [0, 0.1) is 12.3 Å². The number of hydrogen-bond donors (Lipinski definition) is 0. The van der Waals surface area contributed by atoms with Gasteiger partial charge in [-0.25, -0.2) is 9.97 Å². The van der Waals surface area contributed by atoms with Crippen LogP contribution in [0.1, 0.15) is 25.0 Å². The van der Waals surface area contributed by atoms with Crippen LogP contribution in [-0.4, -0.2) is 50.9 Å². The second kappa shape index (κ2) is 7.17. The van der Waals surface area contributed by atoms with Gasteiger partial charge in [0.25, 0.3) is 0 Å². The van der Waals surface area contributed by atoms with Crippen LogP contribution in [0.25, 0.3) is 5.65 Å². The number of ether oxygens (including phenoxy) is 1. The van der Waals surface area contributed by atoms with Gasteiger partial charge in [0, 0.05) is 37.0 Å². The molecule has 2 fully saturated rings. The first-order valence-corrected chi connectivity index (χ1v) is 10.7. The van der Waals surface area contributed by atoms with Crippen molar-refractivity contribution in [2.24, 2.45) is 5.41 Å². The minimum atomic E-state index is 0.365. The third-order valence-electron chi connectivity index (χ3n) is 5.79. The van der Waals surface area contributed by atoms with Crippen LogP contribution in [0.15, 0.2) is 34.6 Å².